The third-order valence-electron chi connectivity index (χ3n) is 10.3. The van der Waals surface area contributed by atoms with E-state index in [0.717, 1.165) is 72.7 Å². The first-order valence-electron chi connectivity index (χ1n) is 18.8. The van der Waals surface area contributed by atoms with Gasteiger partial charge in [-0.25, -0.2) is 19.9 Å². The fourth-order valence-electron chi connectivity index (χ4n) is 7.28. The van der Waals surface area contributed by atoms with E-state index in [1.807, 2.05) is 36.4 Å². The Morgan fingerprint density at radius 3 is 1.02 bits per heavy atom. The molecule has 0 saturated heterocycles. The van der Waals surface area contributed by atoms with Crippen molar-refractivity contribution in [3.8, 4) is 78.9 Å². The van der Waals surface area contributed by atoms with Gasteiger partial charge in [-0.05, 0) is 56.9 Å². The molecule has 0 aliphatic rings. The summed E-state index contributed by atoms with van der Waals surface area (Å²) >= 11 is 0. The number of aromatic nitrogens is 4. The van der Waals surface area contributed by atoms with Gasteiger partial charge in [-0.15, -0.1) is 0 Å². The van der Waals surface area contributed by atoms with Crippen LogP contribution in [-0.2, 0) is 0 Å². The standard InChI is InChI=1S/C52H34N4/c1-3-13-39(14-4-1)47-33-48(40-15-5-2-6-16-40)54-51(53-47)42-27-21-38(22-28-42)37-19-25-41(26-20-37)49-34-50(45-29-23-35-11-7-9-17-43(35)31-45)56-52(55-49)46-30-24-36-12-8-10-18-44(36)32-46/h1-34H. The van der Waals surface area contributed by atoms with E-state index >= 15 is 0 Å². The van der Waals surface area contributed by atoms with Gasteiger partial charge >= 0.3 is 0 Å². The van der Waals surface area contributed by atoms with Crippen LogP contribution in [-0.4, -0.2) is 19.9 Å². The van der Waals surface area contributed by atoms with E-state index in [0.29, 0.717) is 11.6 Å². The molecule has 0 aliphatic heterocycles. The van der Waals surface area contributed by atoms with Crippen LogP contribution in [0, 0.1) is 0 Å². The van der Waals surface area contributed by atoms with Crippen molar-refractivity contribution in [2.45, 2.75) is 0 Å². The lowest BCUT2D eigenvalue weighted by Crippen LogP contribution is -1.96. The van der Waals surface area contributed by atoms with Crippen molar-refractivity contribution in [2.75, 3.05) is 0 Å². The van der Waals surface area contributed by atoms with E-state index in [4.69, 9.17) is 19.9 Å². The molecule has 0 unspecified atom stereocenters. The molecule has 56 heavy (non-hydrogen) atoms. The molecule has 4 nitrogen and oxygen atoms in total. The third kappa shape index (κ3) is 6.61. The largest absolute Gasteiger partial charge is 0.228 e. The van der Waals surface area contributed by atoms with Crippen molar-refractivity contribution in [1.29, 1.82) is 0 Å². The second-order valence-corrected chi connectivity index (χ2v) is 13.9. The van der Waals surface area contributed by atoms with Crippen LogP contribution in [0.2, 0.25) is 0 Å². The molecule has 0 aliphatic carbocycles. The quantitative estimate of drug-likeness (QED) is 0.165. The summed E-state index contributed by atoms with van der Waals surface area (Å²) in [6.07, 6.45) is 0. The Morgan fingerprint density at radius 2 is 0.518 bits per heavy atom. The van der Waals surface area contributed by atoms with E-state index in [1.54, 1.807) is 0 Å². The molecule has 262 valence electrons. The monoisotopic (exact) mass is 714 g/mol. The summed E-state index contributed by atoms with van der Waals surface area (Å²) in [5, 5.41) is 4.73. The Balaban J connectivity index is 0.994. The summed E-state index contributed by atoms with van der Waals surface area (Å²) in [7, 11) is 0. The fourth-order valence-corrected chi connectivity index (χ4v) is 7.28. The summed E-state index contributed by atoms with van der Waals surface area (Å²) in [4.78, 5) is 20.3. The minimum atomic E-state index is 0.695. The summed E-state index contributed by atoms with van der Waals surface area (Å²) in [6, 6.07) is 71.6. The van der Waals surface area contributed by atoms with E-state index < -0.39 is 0 Å². The summed E-state index contributed by atoms with van der Waals surface area (Å²) in [6.45, 7) is 0. The van der Waals surface area contributed by atoms with E-state index in [2.05, 4.69) is 170 Å². The minimum Gasteiger partial charge on any atom is -0.228 e. The Morgan fingerprint density at radius 1 is 0.196 bits per heavy atom. The van der Waals surface area contributed by atoms with Crippen LogP contribution < -0.4 is 0 Å². The number of benzene rings is 8. The number of hydrogen-bond donors (Lipinski definition) is 0. The van der Waals surface area contributed by atoms with E-state index in [9.17, 15) is 0 Å². The highest BCUT2D eigenvalue weighted by Gasteiger charge is 2.14. The molecule has 0 spiro atoms. The van der Waals surface area contributed by atoms with Crippen molar-refractivity contribution in [3.63, 3.8) is 0 Å². The lowest BCUT2D eigenvalue weighted by Gasteiger charge is -2.12. The molecule has 4 heteroatoms. The van der Waals surface area contributed by atoms with E-state index in [1.165, 1.54) is 16.2 Å². The van der Waals surface area contributed by atoms with Crippen LogP contribution in [0.15, 0.2) is 206 Å². The SMILES string of the molecule is c1ccc(-c2cc(-c3ccccc3)nc(-c3ccc(-c4ccc(-c5cc(-c6ccc7ccccc7c6)nc(-c6ccc7ccccc7c6)n5)cc4)cc3)n2)cc1. The van der Waals surface area contributed by atoms with Crippen LogP contribution in [0.25, 0.3) is 100 Å². The normalized spacial score (nSPS) is 11.2. The predicted octanol–water partition coefficient (Wildman–Crippen LogP) is 13.2. The van der Waals surface area contributed by atoms with Crippen LogP contribution in [0.5, 0.6) is 0 Å². The molecular formula is C52H34N4. The van der Waals surface area contributed by atoms with Gasteiger partial charge in [0.15, 0.2) is 11.6 Å². The molecule has 0 saturated carbocycles. The number of nitrogens with zero attached hydrogens (tertiary/aromatic N) is 4. The van der Waals surface area contributed by atoms with Crippen molar-refractivity contribution < 1.29 is 0 Å². The molecule has 0 N–H and O–H groups in total. The zero-order valence-electron chi connectivity index (χ0n) is 30.4. The smallest absolute Gasteiger partial charge is 0.160 e. The Kier molecular flexibility index (Phi) is 8.47. The Labute approximate surface area is 325 Å². The summed E-state index contributed by atoms with van der Waals surface area (Å²) in [5.41, 5.74) is 11.9. The zero-order chi connectivity index (χ0) is 37.3. The highest BCUT2D eigenvalue weighted by Crippen LogP contribution is 2.33. The molecule has 10 rings (SSSR count). The van der Waals surface area contributed by atoms with Crippen LogP contribution in [0.1, 0.15) is 0 Å². The molecule has 0 amide bonds. The van der Waals surface area contributed by atoms with Gasteiger partial charge in [0.2, 0.25) is 0 Å². The molecule has 10 aromatic rings. The Hall–Kier alpha value is -7.56. The highest BCUT2D eigenvalue weighted by molar-refractivity contribution is 5.89. The second kappa shape index (κ2) is 14.3. The lowest BCUT2D eigenvalue weighted by molar-refractivity contribution is 1.18. The summed E-state index contributed by atoms with van der Waals surface area (Å²) < 4.78 is 0. The maximum atomic E-state index is 5.15. The minimum absolute atomic E-state index is 0.695. The van der Waals surface area contributed by atoms with E-state index in [-0.39, 0.29) is 0 Å². The third-order valence-corrected chi connectivity index (χ3v) is 10.3. The van der Waals surface area contributed by atoms with Crippen LogP contribution in [0.4, 0.5) is 0 Å². The first kappa shape index (κ1) is 33.0. The second-order valence-electron chi connectivity index (χ2n) is 13.9. The van der Waals surface area contributed by atoms with Gasteiger partial charge in [0.1, 0.15) is 0 Å². The number of fused-ring (bicyclic) bond motifs is 2. The van der Waals surface area contributed by atoms with Crippen LogP contribution in [0.3, 0.4) is 0 Å². The number of hydrogen-bond acceptors (Lipinski definition) is 4. The number of rotatable bonds is 7. The topological polar surface area (TPSA) is 51.6 Å². The fraction of sp³-hybridized carbons (Fsp3) is 0. The Bertz CT molecular complexity index is 2840. The van der Waals surface area contributed by atoms with Crippen molar-refractivity contribution in [3.05, 3.63) is 206 Å². The van der Waals surface area contributed by atoms with Crippen molar-refractivity contribution in [1.82, 2.24) is 19.9 Å². The predicted molar refractivity (Wildman–Crippen MR) is 231 cm³/mol. The van der Waals surface area contributed by atoms with Gasteiger partial charge in [0.25, 0.3) is 0 Å². The highest BCUT2D eigenvalue weighted by atomic mass is 14.9. The maximum absolute atomic E-state index is 5.15. The van der Waals surface area contributed by atoms with Crippen molar-refractivity contribution >= 4 is 21.5 Å². The van der Waals surface area contributed by atoms with Crippen molar-refractivity contribution in [2.24, 2.45) is 0 Å². The van der Waals surface area contributed by atoms with Gasteiger partial charge in [0, 0.05) is 33.4 Å². The van der Waals surface area contributed by atoms with Gasteiger partial charge in [-0.3, -0.25) is 0 Å². The maximum Gasteiger partial charge on any atom is 0.160 e. The molecule has 0 radical (unpaired) electrons. The average Bonchev–Trinajstić information content (AvgIpc) is 3.29. The zero-order valence-corrected chi connectivity index (χ0v) is 30.4. The van der Waals surface area contributed by atoms with Gasteiger partial charge in [-0.2, -0.15) is 0 Å². The molecule has 2 aromatic heterocycles. The molecule has 0 atom stereocenters. The van der Waals surface area contributed by atoms with Crippen LogP contribution >= 0.6 is 0 Å². The molecule has 0 bridgehead atoms. The van der Waals surface area contributed by atoms with Gasteiger partial charge in [-0.1, -0.05) is 182 Å². The average molecular weight is 715 g/mol. The first-order valence-corrected chi connectivity index (χ1v) is 18.8. The van der Waals surface area contributed by atoms with Gasteiger partial charge in [0.05, 0.1) is 22.8 Å². The molecule has 0 fully saturated rings. The molecular weight excluding hydrogens is 681 g/mol. The molecule has 2 heterocycles. The van der Waals surface area contributed by atoms with Gasteiger partial charge < -0.3 is 0 Å². The summed E-state index contributed by atoms with van der Waals surface area (Å²) in [5.74, 6) is 1.39. The lowest BCUT2D eigenvalue weighted by atomic mass is 9.99. The first-order chi connectivity index (χ1) is 27.7. The molecule has 8 aromatic carbocycles.